The van der Waals surface area contributed by atoms with E-state index in [1.165, 1.54) is 0 Å². The van der Waals surface area contributed by atoms with E-state index in [1.807, 2.05) is 18.2 Å². The summed E-state index contributed by atoms with van der Waals surface area (Å²) in [6, 6.07) is 5.67. The van der Waals surface area contributed by atoms with Crippen molar-refractivity contribution in [2.75, 3.05) is 11.4 Å². The van der Waals surface area contributed by atoms with Gasteiger partial charge in [0.15, 0.2) is 0 Å². The van der Waals surface area contributed by atoms with Crippen molar-refractivity contribution >= 4 is 33.4 Å². The van der Waals surface area contributed by atoms with Crippen LogP contribution in [0.5, 0.6) is 0 Å². The zero-order valence-electron chi connectivity index (χ0n) is 10.9. The number of piperazine rings is 1. The van der Waals surface area contributed by atoms with Crippen molar-refractivity contribution in [3.63, 3.8) is 0 Å². The number of halogens is 1. The van der Waals surface area contributed by atoms with E-state index in [1.54, 1.807) is 18.7 Å². The molecule has 5 nitrogen and oxygen atoms in total. The van der Waals surface area contributed by atoms with Crippen LogP contribution in [0.4, 0.5) is 5.69 Å². The van der Waals surface area contributed by atoms with E-state index in [4.69, 9.17) is 5.73 Å². The van der Waals surface area contributed by atoms with Gasteiger partial charge in [0.25, 0.3) is 5.91 Å². The summed E-state index contributed by atoms with van der Waals surface area (Å²) >= 11 is 3.41. The van der Waals surface area contributed by atoms with Crippen molar-refractivity contribution < 1.29 is 9.59 Å². The highest BCUT2D eigenvalue weighted by molar-refractivity contribution is 9.10. The summed E-state index contributed by atoms with van der Waals surface area (Å²) in [5, 5.41) is 2.36. The Hall–Kier alpha value is -1.40. The lowest BCUT2D eigenvalue weighted by Gasteiger charge is -2.42. The molecule has 6 heteroatoms. The number of nitrogens with one attached hydrogen (secondary N) is 1. The molecule has 0 unspecified atom stereocenters. The van der Waals surface area contributed by atoms with Crippen LogP contribution in [-0.2, 0) is 16.1 Å². The van der Waals surface area contributed by atoms with Crippen LogP contribution in [0.15, 0.2) is 22.7 Å². The summed E-state index contributed by atoms with van der Waals surface area (Å²) in [5.41, 5.74) is 6.66. The monoisotopic (exact) mass is 325 g/mol. The van der Waals surface area contributed by atoms with Crippen molar-refractivity contribution in [1.82, 2.24) is 5.32 Å². The average molecular weight is 326 g/mol. The quantitative estimate of drug-likeness (QED) is 0.800. The highest BCUT2D eigenvalue weighted by atomic mass is 79.9. The van der Waals surface area contributed by atoms with E-state index in [0.29, 0.717) is 6.54 Å². The van der Waals surface area contributed by atoms with Crippen molar-refractivity contribution in [3.05, 3.63) is 28.2 Å². The van der Waals surface area contributed by atoms with Gasteiger partial charge in [0, 0.05) is 16.7 Å². The van der Waals surface area contributed by atoms with Gasteiger partial charge >= 0.3 is 0 Å². The summed E-state index contributed by atoms with van der Waals surface area (Å²) in [7, 11) is 0. The molecule has 0 bridgehead atoms. The van der Waals surface area contributed by atoms with Crippen molar-refractivity contribution in [3.8, 4) is 0 Å². The number of hydrogen-bond acceptors (Lipinski definition) is 4. The second-order valence-corrected chi connectivity index (χ2v) is 5.92. The predicted octanol–water partition coefficient (Wildman–Crippen LogP) is 1.15. The second-order valence-electron chi connectivity index (χ2n) is 5.00. The fourth-order valence-electron chi connectivity index (χ4n) is 2.13. The van der Waals surface area contributed by atoms with Gasteiger partial charge in [0.2, 0.25) is 5.91 Å². The SMILES string of the molecule is CC1(C)C(=O)NC(=O)CN1c1cc(Br)ccc1CN. The van der Waals surface area contributed by atoms with Gasteiger partial charge in [-0.25, -0.2) is 0 Å². The fraction of sp³-hybridized carbons (Fsp3) is 0.385. The standard InChI is InChI=1S/C13H16BrN3O2/c1-13(2)12(19)16-11(18)7-17(13)10-5-9(14)4-3-8(10)6-15/h3-5H,6-7,15H2,1-2H3,(H,16,18,19). The summed E-state index contributed by atoms with van der Waals surface area (Å²) < 4.78 is 0.883. The molecule has 1 aromatic carbocycles. The van der Waals surface area contributed by atoms with Gasteiger partial charge in [0.1, 0.15) is 5.54 Å². The molecule has 0 spiro atoms. The Labute approximate surface area is 120 Å². The predicted molar refractivity (Wildman–Crippen MR) is 76.6 cm³/mol. The lowest BCUT2D eigenvalue weighted by atomic mass is 9.96. The maximum Gasteiger partial charge on any atom is 0.251 e. The molecule has 1 aromatic rings. The zero-order valence-corrected chi connectivity index (χ0v) is 12.5. The summed E-state index contributed by atoms with van der Waals surface area (Å²) in [6.07, 6.45) is 0. The zero-order chi connectivity index (χ0) is 14.2. The number of hydrogen-bond donors (Lipinski definition) is 2. The Balaban J connectivity index is 2.52. The van der Waals surface area contributed by atoms with Gasteiger partial charge < -0.3 is 10.6 Å². The van der Waals surface area contributed by atoms with Gasteiger partial charge in [0.05, 0.1) is 6.54 Å². The smallest absolute Gasteiger partial charge is 0.251 e. The summed E-state index contributed by atoms with van der Waals surface area (Å²) in [6.45, 7) is 4.07. The molecule has 102 valence electrons. The molecule has 0 aromatic heterocycles. The fourth-order valence-corrected chi connectivity index (χ4v) is 2.48. The van der Waals surface area contributed by atoms with E-state index in [0.717, 1.165) is 15.7 Å². The molecule has 2 amide bonds. The van der Waals surface area contributed by atoms with Crippen LogP contribution in [0.25, 0.3) is 0 Å². The molecule has 0 atom stereocenters. The van der Waals surface area contributed by atoms with Gasteiger partial charge in [-0.1, -0.05) is 22.0 Å². The molecule has 1 heterocycles. The maximum absolute atomic E-state index is 12.0. The number of imide groups is 1. The molecule has 2 rings (SSSR count). The Bertz CT molecular complexity index is 543. The number of rotatable bonds is 2. The van der Waals surface area contributed by atoms with Gasteiger partial charge in [-0.05, 0) is 31.5 Å². The Kier molecular flexibility index (Phi) is 3.64. The Morgan fingerprint density at radius 3 is 2.74 bits per heavy atom. The Morgan fingerprint density at radius 2 is 2.11 bits per heavy atom. The molecule has 1 fully saturated rings. The number of nitrogens with two attached hydrogens (primary N) is 1. The van der Waals surface area contributed by atoms with Crippen molar-refractivity contribution in [1.29, 1.82) is 0 Å². The molecular formula is C13H16BrN3O2. The Morgan fingerprint density at radius 1 is 1.42 bits per heavy atom. The lowest BCUT2D eigenvalue weighted by molar-refractivity contribution is -0.135. The van der Waals surface area contributed by atoms with Gasteiger partial charge in [-0.3, -0.25) is 14.9 Å². The number of amides is 2. The highest BCUT2D eigenvalue weighted by Crippen LogP contribution is 2.31. The van der Waals surface area contributed by atoms with Crippen LogP contribution < -0.4 is 16.0 Å². The van der Waals surface area contributed by atoms with Crippen LogP contribution >= 0.6 is 15.9 Å². The van der Waals surface area contributed by atoms with E-state index < -0.39 is 5.54 Å². The lowest BCUT2D eigenvalue weighted by Crippen LogP contribution is -2.64. The van der Waals surface area contributed by atoms with Crippen LogP contribution in [0.3, 0.4) is 0 Å². The third-order valence-electron chi connectivity index (χ3n) is 3.34. The van der Waals surface area contributed by atoms with Crippen LogP contribution in [0.1, 0.15) is 19.4 Å². The minimum absolute atomic E-state index is 0.141. The van der Waals surface area contributed by atoms with Crippen LogP contribution in [0, 0.1) is 0 Å². The maximum atomic E-state index is 12.0. The van der Waals surface area contributed by atoms with E-state index in [2.05, 4.69) is 21.2 Å². The molecule has 0 radical (unpaired) electrons. The van der Waals surface area contributed by atoms with E-state index in [-0.39, 0.29) is 18.4 Å². The normalized spacial score (nSPS) is 18.4. The molecule has 0 saturated carbocycles. The third kappa shape index (κ3) is 2.50. The molecule has 3 N–H and O–H groups in total. The first kappa shape index (κ1) is 14.0. The molecule has 1 saturated heterocycles. The van der Waals surface area contributed by atoms with Crippen LogP contribution in [0.2, 0.25) is 0 Å². The minimum atomic E-state index is -0.793. The number of carbonyl (C=O) groups excluding carboxylic acids is 2. The molecule has 1 aliphatic heterocycles. The molecule has 1 aliphatic rings. The van der Waals surface area contributed by atoms with Gasteiger partial charge in [-0.15, -0.1) is 0 Å². The van der Waals surface area contributed by atoms with Gasteiger partial charge in [-0.2, -0.15) is 0 Å². The molecule has 19 heavy (non-hydrogen) atoms. The summed E-state index contributed by atoms with van der Waals surface area (Å²) in [4.78, 5) is 25.4. The molecule has 0 aliphatic carbocycles. The van der Waals surface area contributed by atoms with E-state index in [9.17, 15) is 9.59 Å². The van der Waals surface area contributed by atoms with E-state index >= 15 is 0 Å². The van der Waals surface area contributed by atoms with Crippen molar-refractivity contribution in [2.24, 2.45) is 5.73 Å². The van der Waals surface area contributed by atoms with Crippen LogP contribution in [-0.4, -0.2) is 23.9 Å². The first-order valence-electron chi connectivity index (χ1n) is 5.96. The number of carbonyl (C=O) groups is 2. The molecular weight excluding hydrogens is 310 g/mol. The summed E-state index contributed by atoms with van der Waals surface area (Å²) in [5.74, 6) is -0.598. The largest absolute Gasteiger partial charge is 0.348 e. The topological polar surface area (TPSA) is 75.4 Å². The number of anilines is 1. The first-order valence-corrected chi connectivity index (χ1v) is 6.76. The minimum Gasteiger partial charge on any atom is -0.348 e. The first-order chi connectivity index (χ1) is 8.86. The highest BCUT2D eigenvalue weighted by Gasteiger charge is 2.41. The second kappa shape index (κ2) is 4.94. The number of nitrogens with zero attached hydrogens (tertiary/aromatic N) is 1. The van der Waals surface area contributed by atoms with Crippen molar-refractivity contribution in [2.45, 2.75) is 25.9 Å². The number of benzene rings is 1. The third-order valence-corrected chi connectivity index (χ3v) is 3.84. The average Bonchev–Trinajstić information content (AvgIpc) is 2.34.